The lowest BCUT2D eigenvalue weighted by Gasteiger charge is -2.13. The fraction of sp³-hybridized carbons (Fsp3) is 0.333. The molecule has 0 aromatic heterocycles. The Morgan fingerprint density at radius 1 is 1.24 bits per heavy atom. The van der Waals surface area contributed by atoms with E-state index in [2.05, 4.69) is 15.9 Å². The topological polar surface area (TPSA) is 46.6 Å². The normalized spacial score (nSPS) is 16.2. The zero-order chi connectivity index (χ0) is 12.4. The van der Waals surface area contributed by atoms with Crippen LogP contribution in [0.15, 0.2) is 24.3 Å². The van der Waals surface area contributed by atoms with Gasteiger partial charge in [0.25, 0.3) is 11.8 Å². The van der Waals surface area contributed by atoms with Crippen molar-refractivity contribution in [2.45, 2.75) is 18.2 Å². The van der Waals surface area contributed by atoms with Crippen molar-refractivity contribution in [3.63, 3.8) is 0 Å². The minimum Gasteiger partial charge on any atom is -0.266 e. The summed E-state index contributed by atoms with van der Waals surface area (Å²) >= 11 is 3.37. The van der Waals surface area contributed by atoms with Gasteiger partial charge in [0.2, 0.25) is 0 Å². The summed E-state index contributed by atoms with van der Waals surface area (Å²) in [5.74, 6) is -0.763. The minimum absolute atomic E-state index is 0.290. The maximum absolute atomic E-state index is 11.9. The van der Waals surface area contributed by atoms with E-state index in [0.29, 0.717) is 17.7 Å². The summed E-state index contributed by atoms with van der Waals surface area (Å²) in [6.45, 7) is 2.31. The molecule has 4 nitrogen and oxygen atoms in total. The van der Waals surface area contributed by atoms with Gasteiger partial charge in [-0.15, -0.1) is 5.06 Å². The lowest BCUT2D eigenvalue weighted by Crippen LogP contribution is -2.30. The van der Waals surface area contributed by atoms with Crippen LogP contribution >= 0.6 is 15.9 Å². The maximum atomic E-state index is 11.9. The third-order valence-electron chi connectivity index (χ3n) is 2.49. The molecule has 1 atom stereocenters. The van der Waals surface area contributed by atoms with Crippen molar-refractivity contribution in [3.05, 3.63) is 35.4 Å². The molecule has 90 valence electrons. The monoisotopic (exact) mass is 297 g/mol. The zero-order valence-electron chi connectivity index (χ0n) is 9.35. The quantitative estimate of drug-likeness (QED) is 0.633. The van der Waals surface area contributed by atoms with E-state index >= 15 is 0 Å². The molecular formula is C12H12BrNO3. The number of hydrogen-bond donors (Lipinski definition) is 0. The molecule has 1 heterocycles. The van der Waals surface area contributed by atoms with E-state index in [-0.39, 0.29) is 16.6 Å². The number of carbonyl (C=O) groups is 2. The second-order valence-electron chi connectivity index (χ2n) is 3.85. The first kappa shape index (κ1) is 12.3. The van der Waals surface area contributed by atoms with Crippen LogP contribution in [0.5, 0.6) is 0 Å². The van der Waals surface area contributed by atoms with Gasteiger partial charge in [-0.2, -0.15) is 0 Å². The van der Waals surface area contributed by atoms with Gasteiger partial charge in [0.05, 0.1) is 17.7 Å². The molecule has 1 aromatic carbocycles. The molecule has 0 saturated carbocycles. The van der Waals surface area contributed by atoms with E-state index in [1.807, 2.05) is 6.92 Å². The summed E-state index contributed by atoms with van der Waals surface area (Å²) in [6, 6.07) is 6.72. The standard InChI is InChI=1S/C12H12BrNO3/c1-8(13)6-7-17-14-11(15)9-4-2-3-5-10(9)12(14)16/h2-5,8H,6-7H2,1H3/t8-/m1/s1. The van der Waals surface area contributed by atoms with Crippen molar-refractivity contribution in [2.75, 3.05) is 6.61 Å². The van der Waals surface area contributed by atoms with Crippen molar-refractivity contribution < 1.29 is 14.4 Å². The van der Waals surface area contributed by atoms with Crippen molar-refractivity contribution >= 4 is 27.7 Å². The average Bonchev–Trinajstić information content (AvgIpc) is 2.54. The molecule has 0 radical (unpaired) electrons. The van der Waals surface area contributed by atoms with Crippen LogP contribution in [0.4, 0.5) is 0 Å². The molecular weight excluding hydrogens is 286 g/mol. The SMILES string of the molecule is C[C@@H](Br)CCON1C(=O)c2ccccc2C1=O. The van der Waals surface area contributed by atoms with E-state index in [4.69, 9.17) is 4.84 Å². The molecule has 17 heavy (non-hydrogen) atoms. The highest BCUT2D eigenvalue weighted by Crippen LogP contribution is 2.22. The van der Waals surface area contributed by atoms with Gasteiger partial charge in [0.1, 0.15) is 0 Å². The summed E-state index contributed by atoms with van der Waals surface area (Å²) < 4.78 is 0. The van der Waals surface area contributed by atoms with E-state index < -0.39 is 0 Å². The van der Waals surface area contributed by atoms with Crippen LogP contribution in [0.2, 0.25) is 0 Å². The first-order chi connectivity index (χ1) is 8.11. The van der Waals surface area contributed by atoms with E-state index in [9.17, 15) is 9.59 Å². The second kappa shape index (κ2) is 4.98. The van der Waals surface area contributed by atoms with Crippen LogP contribution < -0.4 is 0 Å². The lowest BCUT2D eigenvalue weighted by molar-refractivity contribution is -0.0916. The Morgan fingerprint density at radius 2 is 1.76 bits per heavy atom. The first-order valence-corrected chi connectivity index (χ1v) is 6.27. The van der Waals surface area contributed by atoms with Gasteiger partial charge in [-0.3, -0.25) is 14.4 Å². The van der Waals surface area contributed by atoms with Crippen LogP contribution in [0.3, 0.4) is 0 Å². The Hall–Kier alpha value is -1.20. The molecule has 0 spiro atoms. The fourth-order valence-electron chi connectivity index (χ4n) is 1.59. The Labute approximate surface area is 108 Å². The summed E-state index contributed by atoms with van der Waals surface area (Å²) in [7, 11) is 0. The maximum Gasteiger partial charge on any atom is 0.285 e. The molecule has 0 bridgehead atoms. The minimum atomic E-state index is -0.382. The third-order valence-corrected chi connectivity index (χ3v) is 2.95. The molecule has 1 aliphatic heterocycles. The summed E-state index contributed by atoms with van der Waals surface area (Å²) in [5.41, 5.74) is 0.814. The lowest BCUT2D eigenvalue weighted by atomic mass is 10.1. The van der Waals surface area contributed by atoms with Crippen molar-refractivity contribution in [3.8, 4) is 0 Å². The van der Waals surface area contributed by atoms with E-state index in [0.717, 1.165) is 11.5 Å². The number of halogens is 1. The van der Waals surface area contributed by atoms with Gasteiger partial charge in [0, 0.05) is 4.83 Å². The Morgan fingerprint density at radius 3 is 2.24 bits per heavy atom. The number of rotatable bonds is 4. The van der Waals surface area contributed by atoms with Crippen LogP contribution in [0.25, 0.3) is 0 Å². The number of nitrogens with zero attached hydrogens (tertiary/aromatic N) is 1. The average molecular weight is 298 g/mol. The number of benzene rings is 1. The molecule has 0 saturated heterocycles. The second-order valence-corrected chi connectivity index (χ2v) is 5.42. The number of hydrogen-bond acceptors (Lipinski definition) is 3. The van der Waals surface area contributed by atoms with Gasteiger partial charge in [-0.1, -0.05) is 35.0 Å². The molecule has 0 N–H and O–H groups in total. The van der Waals surface area contributed by atoms with Crippen LogP contribution in [0.1, 0.15) is 34.1 Å². The largest absolute Gasteiger partial charge is 0.285 e. The van der Waals surface area contributed by atoms with Crippen LogP contribution in [-0.4, -0.2) is 28.3 Å². The first-order valence-electron chi connectivity index (χ1n) is 5.36. The van der Waals surface area contributed by atoms with Gasteiger partial charge in [0.15, 0.2) is 0 Å². The predicted molar refractivity (Wildman–Crippen MR) is 65.9 cm³/mol. The number of fused-ring (bicyclic) bond motifs is 1. The molecule has 1 aliphatic rings. The van der Waals surface area contributed by atoms with Gasteiger partial charge in [-0.25, -0.2) is 0 Å². The summed E-state index contributed by atoms with van der Waals surface area (Å²) in [5, 5.41) is 0.847. The zero-order valence-corrected chi connectivity index (χ0v) is 10.9. The van der Waals surface area contributed by atoms with Crippen molar-refractivity contribution in [1.29, 1.82) is 0 Å². The molecule has 1 aromatic rings. The smallest absolute Gasteiger partial charge is 0.266 e. The number of alkyl halides is 1. The Kier molecular flexibility index (Phi) is 3.59. The molecule has 5 heteroatoms. The Bertz CT molecular complexity index is 424. The highest BCUT2D eigenvalue weighted by molar-refractivity contribution is 9.09. The molecule has 0 unspecified atom stereocenters. The highest BCUT2D eigenvalue weighted by atomic mass is 79.9. The number of carbonyl (C=O) groups excluding carboxylic acids is 2. The van der Waals surface area contributed by atoms with Crippen molar-refractivity contribution in [1.82, 2.24) is 5.06 Å². The van der Waals surface area contributed by atoms with E-state index in [1.165, 1.54) is 0 Å². The molecule has 0 aliphatic carbocycles. The van der Waals surface area contributed by atoms with Gasteiger partial charge >= 0.3 is 0 Å². The van der Waals surface area contributed by atoms with Gasteiger partial charge < -0.3 is 0 Å². The predicted octanol–water partition coefficient (Wildman–Crippen LogP) is 2.39. The molecule has 2 rings (SSSR count). The van der Waals surface area contributed by atoms with Gasteiger partial charge in [-0.05, 0) is 18.6 Å². The summed E-state index contributed by atoms with van der Waals surface area (Å²) in [6.07, 6.45) is 0.730. The van der Waals surface area contributed by atoms with Crippen LogP contribution in [0, 0.1) is 0 Å². The summed E-state index contributed by atoms with van der Waals surface area (Å²) in [4.78, 5) is 29.2. The fourth-order valence-corrected chi connectivity index (χ4v) is 1.78. The number of amides is 2. The Balaban J connectivity index is 2.08. The molecule has 2 amide bonds. The van der Waals surface area contributed by atoms with Crippen LogP contribution in [-0.2, 0) is 4.84 Å². The van der Waals surface area contributed by atoms with E-state index in [1.54, 1.807) is 24.3 Å². The van der Waals surface area contributed by atoms with Crippen molar-refractivity contribution in [2.24, 2.45) is 0 Å². The highest BCUT2D eigenvalue weighted by Gasteiger charge is 2.36. The number of imide groups is 1. The molecule has 0 fully saturated rings. The third kappa shape index (κ3) is 2.40. The number of hydroxylamine groups is 2.